The van der Waals surface area contributed by atoms with Gasteiger partial charge in [0.2, 0.25) is 5.91 Å². The van der Waals surface area contributed by atoms with Crippen molar-refractivity contribution in [3.05, 3.63) is 0 Å². The maximum atomic E-state index is 11.1. The Kier molecular flexibility index (Phi) is 7.70. The van der Waals surface area contributed by atoms with Crippen molar-refractivity contribution in [2.75, 3.05) is 31.6 Å². The first-order valence-corrected chi connectivity index (χ1v) is 6.52. The summed E-state index contributed by atoms with van der Waals surface area (Å²) in [6, 6.07) is 0. The molecule has 0 spiro atoms. The van der Waals surface area contributed by atoms with E-state index in [1.807, 2.05) is 13.8 Å². The summed E-state index contributed by atoms with van der Waals surface area (Å²) >= 11 is 0. The van der Waals surface area contributed by atoms with Gasteiger partial charge in [0, 0.05) is 35.9 Å². The van der Waals surface area contributed by atoms with E-state index in [4.69, 9.17) is 0 Å². The lowest BCUT2D eigenvalue weighted by Crippen LogP contribution is -2.36. The van der Waals surface area contributed by atoms with Crippen LogP contribution in [0.1, 0.15) is 13.8 Å². The van der Waals surface area contributed by atoms with Gasteiger partial charge in [-0.2, -0.15) is 0 Å². The molecule has 0 aliphatic carbocycles. The summed E-state index contributed by atoms with van der Waals surface area (Å²) < 4.78 is 10.7. The zero-order valence-electron chi connectivity index (χ0n) is 9.13. The van der Waals surface area contributed by atoms with Gasteiger partial charge in [0.25, 0.3) is 0 Å². The molecule has 0 saturated heterocycles. The van der Waals surface area contributed by atoms with E-state index in [9.17, 15) is 9.00 Å². The van der Waals surface area contributed by atoms with Crippen LogP contribution in [-0.2, 0) is 15.6 Å². The maximum absolute atomic E-state index is 11.1. The standard InChI is InChI=1S/C9H20N2O2S/c1-8(2)6-11-9(12)7-10-4-5-14(3)13/h8,10H,4-7H2,1-3H3,(H,11,12). The van der Waals surface area contributed by atoms with Crippen LogP contribution in [-0.4, -0.2) is 41.8 Å². The van der Waals surface area contributed by atoms with Crippen LogP contribution < -0.4 is 10.6 Å². The van der Waals surface area contributed by atoms with Crippen molar-refractivity contribution in [2.24, 2.45) is 5.92 Å². The first kappa shape index (κ1) is 13.6. The van der Waals surface area contributed by atoms with Crippen LogP contribution in [0.4, 0.5) is 0 Å². The molecule has 0 aromatic heterocycles. The molecule has 5 heteroatoms. The summed E-state index contributed by atoms with van der Waals surface area (Å²) in [5.41, 5.74) is 0. The van der Waals surface area contributed by atoms with E-state index in [2.05, 4.69) is 10.6 Å². The number of amides is 1. The largest absolute Gasteiger partial charge is 0.355 e. The molecule has 2 N–H and O–H groups in total. The lowest BCUT2D eigenvalue weighted by molar-refractivity contribution is -0.120. The molecular formula is C9H20N2O2S. The Morgan fingerprint density at radius 2 is 2.07 bits per heavy atom. The molecule has 0 rings (SSSR count). The number of carbonyl (C=O) groups is 1. The van der Waals surface area contributed by atoms with Crippen LogP contribution in [0.2, 0.25) is 0 Å². The van der Waals surface area contributed by atoms with Crippen molar-refractivity contribution in [1.82, 2.24) is 10.6 Å². The molecule has 14 heavy (non-hydrogen) atoms. The summed E-state index contributed by atoms with van der Waals surface area (Å²) in [5.74, 6) is 1.07. The first-order chi connectivity index (χ1) is 6.52. The van der Waals surface area contributed by atoms with E-state index in [-0.39, 0.29) is 5.91 Å². The lowest BCUT2D eigenvalue weighted by Gasteiger charge is -2.07. The van der Waals surface area contributed by atoms with Crippen LogP contribution in [0.15, 0.2) is 0 Å². The number of carbonyl (C=O) groups excluding carboxylic acids is 1. The normalized spacial score (nSPS) is 12.9. The lowest BCUT2D eigenvalue weighted by atomic mass is 10.2. The highest BCUT2D eigenvalue weighted by atomic mass is 32.2. The highest BCUT2D eigenvalue weighted by Crippen LogP contribution is 1.86. The number of nitrogens with one attached hydrogen (secondary N) is 2. The van der Waals surface area contributed by atoms with E-state index in [1.165, 1.54) is 0 Å². The smallest absolute Gasteiger partial charge is 0.233 e. The third-order valence-electron chi connectivity index (χ3n) is 1.56. The topological polar surface area (TPSA) is 58.2 Å². The fourth-order valence-electron chi connectivity index (χ4n) is 0.798. The second-order valence-corrected chi connectivity index (χ2v) is 5.21. The fraction of sp³-hybridized carbons (Fsp3) is 0.889. The molecule has 1 atom stereocenters. The molecule has 4 nitrogen and oxygen atoms in total. The van der Waals surface area contributed by atoms with Gasteiger partial charge in [0.15, 0.2) is 0 Å². The summed E-state index contributed by atoms with van der Waals surface area (Å²) in [4.78, 5) is 11.1. The summed E-state index contributed by atoms with van der Waals surface area (Å²) in [6.07, 6.45) is 1.65. The zero-order valence-corrected chi connectivity index (χ0v) is 9.95. The van der Waals surface area contributed by atoms with E-state index < -0.39 is 10.8 Å². The van der Waals surface area contributed by atoms with Crippen molar-refractivity contribution in [3.8, 4) is 0 Å². The van der Waals surface area contributed by atoms with E-state index >= 15 is 0 Å². The third-order valence-corrected chi connectivity index (χ3v) is 2.34. The van der Waals surface area contributed by atoms with Crippen LogP contribution in [0, 0.1) is 5.92 Å². The first-order valence-electron chi connectivity index (χ1n) is 4.79. The Hall–Kier alpha value is -0.420. The summed E-state index contributed by atoms with van der Waals surface area (Å²) in [7, 11) is -0.786. The highest BCUT2D eigenvalue weighted by Gasteiger charge is 2.01. The van der Waals surface area contributed by atoms with Crippen molar-refractivity contribution in [1.29, 1.82) is 0 Å². The Balaban J connectivity index is 3.31. The number of hydrogen-bond acceptors (Lipinski definition) is 3. The van der Waals surface area contributed by atoms with Crippen molar-refractivity contribution < 1.29 is 9.00 Å². The molecule has 84 valence electrons. The van der Waals surface area contributed by atoms with Gasteiger partial charge in [-0.25, -0.2) is 0 Å². The minimum Gasteiger partial charge on any atom is -0.355 e. The van der Waals surface area contributed by atoms with E-state index in [0.29, 0.717) is 31.3 Å². The Morgan fingerprint density at radius 3 is 2.57 bits per heavy atom. The molecule has 0 aliphatic heterocycles. The van der Waals surface area contributed by atoms with Crippen LogP contribution in [0.3, 0.4) is 0 Å². The molecule has 1 unspecified atom stereocenters. The minimum atomic E-state index is -0.786. The average molecular weight is 220 g/mol. The monoisotopic (exact) mass is 220 g/mol. The maximum Gasteiger partial charge on any atom is 0.233 e. The SMILES string of the molecule is CC(C)CNC(=O)CNCCS(C)=O. The van der Waals surface area contributed by atoms with Gasteiger partial charge in [-0.1, -0.05) is 13.8 Å². The quantitative estimate of drug-likeness (QED) is 0.581. The second kappa shape index (κ2) is 7.94. The van der Waals surface area contributed by atoms with E-state index in [1.54, 1.807) is 6.26 Å². The molecule has 1 amide bonds. The summed E-state index contributed by atoms with van der Waals surface area (Å²) in [6.45, 7) is 5.74. The van der Waals surface area contributed by atoms with Gasteiger partial charge in [0.1, 0.15) is 0 Å². The molecule has 0 fully saturated rings. The predicted molar refractivity (Wildman–Crippen MR) is 59.7 cm³/mol. The van der Waals surface area contributed by atoms with Gasteiger partial charge in [0.05, 0.1) is 6.54 Å². The number of hydrogen-bond donors (Lipinski definition) is 2. The molecule has 0 heterocycles. The van der Waals surface area contributed by atoms with Gasteiger partial charge in [-0.3, -0.25) is 9.00 Å². The van der Waals surface area contributed by atoms with Gasteiger partial charge in [-0.05, 0) is 5.92 Å². The van der Waals surface area contributed by atoms with Crippen molar-refractivity contribution in [3.63, 3.8) is 0 Å². The molecule has 0 aliphatic rings. The second-order valence-electron chi connectivity index (χ2n) is 3.65. The van der Waals surface area contributed by atoms with Crippen LogP contribution in [0.5, 0.6) is 0 Å². The Morgan fingerprint density at radius 1 is 1.43 bits per heavy atom. The van der Waals surface area contributed by atoms with Crippen LogP contribution >= 0.6 is 0 Å². The van der Waals surface area contributed by atoms with Gasteiger partial charge >= 0.3 is 0 Å². The molecule has 0 bridgehead atoms. The summed E-state index contributed by atoms with van der Waals surface area (Å²) in [5, 5.41) is 5.73. The predicted octanol–water partition coefficient (Wildman–Crippen LogP) is -0.273. The average Bonchev–Trinajstić information content (AvgIpc) is 2.08. The van der Waals surface area contributed by atoms with Crippen molar-refractivity contribution in [2.45, 2.75) is 13.8 Å². The number of rotatable bonds is 7. The molecular weight excluding hydrogens is 200 g/mol. The van der Waals surface area contributed by atoms with Crippen LogP contribution in [0.25, 0.3) is 0 Å². The molecule has 0 aromatic carbocycles. The minimum absolute atomic E-state index is 0.000542. The Labute approximate surface area is 88.3 Å². The zero-order chi connectivity index (χ0) is 11.0. The third kappa shape index (κ3) is 9.67. The van der Waals surface area contributed by atoms with E-state index in [0.717, 1.165) is 0 Å². The van der Waals surface area contributed by atoms with Gasteiger partial charge < -0.3 is 10.6 Å². The fourth-order valence-corrected chi connectivity index (χ4v) is 1.23. The van der Waals surface area contributed by atoms with Crippen molar-refractivity contribution >= 4 is 16.7 Å². The highest BCUT2D eigenvalue weighted by molar-refractivity contribution is 7.84. The van der Waals surface area contributed by atoms with Gasteiger partial charge in [-0.15, -0.1) is 0 Å². The molecule has 0 aromatic rings. The molecule has 0 radical (unpaired) electrons. The Bertz CT molecular complexity index is 195. The molecule has 0 saturated carbocycles.